The van der Waals surface area contributed by atoms with E-state index in [4.69, 9.17) is 4.42 Å². The maximum absolute atomic E-state index is 12.4. The fourth-order valence-electron chi connectivity index (χ4n) is 2.61. The first-order valence-corrected chi connectivity index (χ1v) is 8.03. The second kappa shape index (κ2) is 7.87. The van der Waals surface area contributed by atoms with E-state index in [-0.39, 0.29) is 12.6 Å². The third kappa shape index (κ3) is 5.70. The van der Waals surface area contributed by atoms with Crippen molar-refractivity contribution in [1.29, 1.82) is 0 Å². The van der Waals surface area contributed by atoms with Gasteiger partial charge >= 0.3 is 6.18 Å². The molecule has 1 aliphatic rings. The van der Waals surface area contributed by atoms with E-state index in [0.717, 1.165) is 11.5 Å². The first kappa shape index (κ1) is 18.6. The van der Waals surface area contributed by atoms with Crippen LogP contribution in [0.25, 0.3) is 0 Å². The zero-order chi connectivity index (χ0) is 17.7. The average molecular weight is 347 g/mol. The van der Waals surface area contributed by atoms with E-state index in [0.29, 0.717) is 37.9 Å². The first-order chi connectivity index (χ1) is 11.3. The SMILES string of the molecule is CCNC(=NCc1nc(C)c(C)o1)NC1CCN(CC(F)(F)F)C1. The monoisotopic (exact) mass is 347 g/mol. The molecule has 2 heterocycles. The van der Waals surface area contributed by atoms with Crippen LogP contribution in [0.4, 0.5) is 13.2 Å². The Bertz CT molecular complexity index is 550. The number of aliphatic imine (C=N–C) groups is 1. The lowest BCUT2D eigenvalue weighted by atomic mass is 10.3. The summed E-state index contributed by atoms with van der Waals surface area (Å²) in [5, 5.41) is 6.28. The molecule has 1 aliphatic heterocycles. The van der Waals surface area contributed by atoms with Gasteiger partial charge in [-0.25, -0.2) is 9.98 Å². The summed E-state index contributed by atoms with van der Waals surface area (Å²) in [7, 11) is 0. The molecule has 6 nitrogen and oxygen atoms in total. The summed E-state index contributed by atoms with van der Waals surface area (Å²) < 4.78 is 42.8. The molecule has 0 aromatic carbocycles. The minimum atomic E-state index is -4.16. The topological polar surface area (TPSA) is 65.7 Å². The number of likely N-dealkylation sites (tertiary alicyclic amines) is 1. The van der Waals surface area contributed by atoms with Crippen LogP contribution in [-0.2, 0) is 6.54 Å². The number of hydrogen-bond donors (Lipinski definition) is 2. The number of nitrogens with one attached hydrogen (secondary N) is 2. The Hall–Kier alpha value is -1.77. The highest BCUT2D eigenvalue weighted by Crippen LogP contribution is 2.20. The van der Waals surface area contributed by atoms with Crippen LogP contribution in [0, 0.1) is 13.8 Å². The van der Waals surface area contributed by atoms with Gasteiger partial charge in [-0.3, -0.25) is 4.90 Å². The van der Waals surface area contributed by atoms with Gasteiger partial charge in [-0.15, -0.1) is 0 Å². The van der Waals surface area contributed by atoms with Crippen LogP contribution in [0.5, 0.6) is 0 Å². The van der Waals surface area contributed by atoms with Gasteiger partial charge in [-0.1, -0.05) is 0 Å². The number of hydrogen-bond acceptors (Lipinski definition) is 4. The summed E-state index contributed by atoms with van der Waals surface area (Å²) in [6.45, 7) is 6.48. The van der Waals surface area contributed by atoms with Crippen LogP contribution in [0.15, 0.2) is 9.41 Å². The van der Waals surface area contributed by atoms with Crippen LogP contribution >= 0.6 is 0 Å². The Balaban J connectivity index is 1.90. The van der Waals surface area contributed by atoms with Gasteiger partial charge < -0.3 is 15.1 Å². The molecule has 0 amide bonds. The van der Waals surface area contributed by atoms with E-state index in [2.05, 4.69) is 20.6 Å². The largest absolute Gasteiger partial charge is 0.444 e. The third-order valence-corrected chi connectivity index (χ3v) is 3.81. The molecule has 1 atom stereocenters. The van der Waals surface area contributed by atoms with Gasteiger partial charge in [0, 0.05) is 25.7 Å². The second-order valence-electron chi connectivity index (χ2n) is 5.92. The highest BCUT2D eigenvalue weighted by molar-refractivity contribution is 5.80. The van der Waals surface area contributed by atoms with E-state index >= 15 is 0 Å². The molecule has 2 N–H and O–H groups in total. The molecule has 1 saturated heterocycles. The summed E-state index contributed by atoms with van der Waals surface area (Å²) >= 11 is 0. The molecule has 136 valence electrons. The maximum atomic E-state index is 12.4. The standard InChI is InChI=1S/C15H24F3N5O/c1-4-19-14(20-7-13-21-10(2)11(3)24-13)22-12-5-6-23(8-12)9-15(16,17)18/h12H,4-9H2,1-3H3,(H2,19,20,22). The molecule has 9 heteroatoms. The number of oxazole rings is 1. The summed E-state index contributed by atoms with van der Waals surface area (Å²) in [6.07, 6.45) is -3.51. The van der Waals surface area contributed by atoms with Crippen molar-refractivity contribution in [3.05, 3.63) is 17.3 Å². The predicted octanol–water partition coefficient (Wildman–Crippen LogP) is 1.98. The zero-order valence-corrected chi connectivity index (χ0v) is 14.2. The number of rotatable bonds is 5. The van der Waals surface area contributed by atoms with E-state index < -0.39 is 12.7 Å². The van der Waals surface area contributed by atoms with Crippen LogP contribution < -0.4 is 10.6 Å². The highest BCUT2D eigenvalue weighted by Gasteiger charge is 2.34. The Labute approximate surface area is 139 Å². The van der Waals surface area contributed by atoms with Crippen LogP contribution in [0.1, 0.15) is 30.7 Å². The van der Waals surface area contributed by atoms with Gasteiger partial charge in [0.2, 0.25) is 5.89 Å². The van der Waals surface area contributed by atoms with Crippen molar-refractivity contribution in [2.45, 2.75) is 46.0 Å². The molecule has 0 aliphatic carbocycles. The van der Waals surface area contributed by atoms with E-state index in [1.807, 2.05) is 20.8 Å². The molecule has 0 bridgehead atoms. The molecular weight excluding hydrogens is 323 g/mol. The molecule has 0 saturated carbocycles. The quantitative estimate of drug-likeness (QED) is 0.630. The Kier molecular flexibility index (Phi) is 6.09. The third-order valence-electron chi connectivity index (χ3n) is 3.81. The molecular formula is C15H24F3N5O. The minimum absolute atomic E-state index is 0.0572. The van der Waals surface area contributed by atoms with Gasteiger partial charge in [0.05, 0.1) is 12.2 Å². The fraction of sp³-hybridized carbons (Fsp3) is 0.733. The van der Waals surface area contributed by atoms with Crippen LogP contribution in [-0.4, -0.2) is 54.2 Å². The van der Waals surface area contributed by atoms with E-state index in [1.54, 1.807) is 0 Å². The Morgan fingerprint density at radius 2 is 2.17 bits per heavy atom. The summed E-state index contributed by atoms with van der Waals surface area (Å²) in [5.41, 5.74) is 0.830. The van der Waals surface area contributed by atoms with Gasteiger partial charge in [0.15, 0.2) is 5.96 Å². The minimum Gasteiger partial charge on any atom is -0.444 e. The van der Waals surface area contributed by atoms with Gasteiger partial charge in [-0.2, -0.15) is 13.2 Å². The van der Waals surface area contributed by atoms with Gasteiger partial charge in [0.1, 0.15) is 12.3 Å². The smallest absolute Gasteiger partial charge is 0.401 e. The van der Waals surface area contributed by atoms with Crippen molar-refractivity contribution in [3.8, 4) is 0 Å². The Morgan fingerprint density at radius 3 is 2.75 bits per heavy atom. The first-order valence-electron chi connectivity index (χ1n) is 8.03. The number of aryl methyl sites for hydroxylation is 2. The molecule has 2 rings (SSSR count). The normalized spacial score (nSPS) is 19.8. The molecule has 1 fully saturated rings. The van der Waals surface area contributed by atoms with Crippen molar-refractivity contribution in [1.82, 2.24) is 20.5 Å². The van der Waals surface area contributed by atoms with Gasteiger partial charge in [-0.05, 0) is 27.2 Å². The van der Waals surface area contributed by atoms with Crippen molar-refractivity contribution < 1.29 is 17.6 Å². The fourth-order valence-corrected chi connectivity index (χ4v) is 2.61. The Morgan fingerprint density at radius 1 is 1.42 bits per heavy atom. The predicted molar refractivity (Wildman–Crippen MR) is 84.8 cm³/mol. The molecule has 24 heavy (non-hydrogen) atoms. The number of nitrogens with zero attached hydrogens (tertiary/aromatic N) is 3. The lowest BCUT2D eigenvalue weighted by Gasteiger charge is -2.19. The second-order valence-corrected chi connectivity index (χ2v) is 5.92. The number of alkyl halides is 3. The lowest BCUT2D eigenvalue weighted by Crippen LogP contribution is -2.45. The maximum Gasteiger partial charge on any atom is 0.401 e. The number of aromatic nitrogens is 1. The van der Waals surface area contributed by atoms with Crippen molar-refractivity contribution in [2.24, 2.45) is 4.99 Å². The van der Waals surface area contributed by atoms with Crippen molar-refractivity contribution in [3.63, 3.8) is 0 Å². The molecule has 0 radical (unpaired) electrons. The molecule has 1 aromatic heterocycles. The molecule has 0 spiro atoms. The van der Waals surface area contributed by atoms with Crippen LogP contribution in [0.3, 0.4) is 0 Å². The molecule has 1 unspecified atom stereocenters. The highest BCUT2D eigenvalue weighted by atomic mass is 19.4. The summed E-state index contributed by atoms with van der Waals surface area (Å²) in [6, 6.07) is -0.0572. The van der Waals surface area contributed by atoms with Crippen molar-refractivity contribution >= 4 is 5.96 Å². The van der Waals surface area contributed by atoms with Gasteiger partial charge in [0.25, 0.3) is 0 Å². The number of halogens is 3. The van der Waals surface area contributed by atoms with Crippen LogP contribution in [0.2, 0.25) is 0 Å². The summed E-state index contributed by atoms with van der Waals surface area (Å²) in [4.78, 5) is 10.1. The lowest BCUT2D eigenvalue weighted by molar-refractivity contribution is -0.143. The summed E-state index contributed by atoms with van der Waals surface area (Å²) in [5.74, 6) is 1.84. The zero-order valence-electron chi connectivity index (χ0n) is 14.2. The van der Waals surface area contributed by atoms with Crippen molar-refractivity contribution in [2.75, 3.05) is 26.2 Å². The van der Waals surface area contributed by atoms with E-state index in [9.17, 15) is 13.2 Å². The van der Waals surface area contributed by atoms with E-state index in [1.165, 1.54) is 4.90 Å². The molecule has 1 aromatic rings. The average Bonchev–Trinajstić information content (AvgIpc) is 3.02. The number of guanidine groups is 1.